The third kappa shape index (κ3) is 5.27. The summed E-state index contributed by atoms with van der Waals surface area (Å²) in [6.07, 6.45) is 1.54. The molecule has 188 valence electrons. The van der Waals surface area contributed by atoms with Gasteiger partial charge in [0.1, 0.15) is 0 Å². The van der Waals surface area contributed by atoms with E-state index in [2.05, 4.69) is 9.80 Å². The lowest BCUT2D eigenvalue weighted by Gasteiger charge is -2.32. The van der Waals surface area contributed by atoms with Crippen LogP contribution >= 0.6 is 23.2 Å². The number of ether oxygens (including phenoxy) is 1. The highest BCUT2D eigenvalue weighted by Crippen LogP contribution is 2.31. The second kappa shape index (κ2) is 10.6. The van der Waals surface area contributed by atoms with Gasteiger partial charge in [0, 0.05) is 51.9 Å². The molecule has 2 aliphatic rings. The zero-order valence-corrected chi connectivity index (χ0v) is 20.9. The number of hydrogen-bond donors (Lipinski definition) is 0. The lowest BCUT2D eigenvalue weighted by molar-refractivity contribution is 0.0364. The first-order chi connectivity index (χ1) is 16.9. The molecule has 3 aromatic rings. The van der Waals surface area contributed by atoms with Gasteiger partial charge in [0.05, 0.1) is 34.3 Å². The minimum absolute atomic E-state index is 0.0214. The fourth-order valence-corrected chi connectivity index (χ4v) is 5.45. The molecule has 0 radical (unpaired) electrons. The Kier molecular flexibility index (Phi) is 7.46. The molecule has 1 aromatic heterocycles. The van der Waals surface area contributed by atoms with Gasteiger partial charge in [-0.1, -0.05) is 29.3 Å². The second-order valence-corrected chi connectivity index (χ2v) is 10.1. The van der Waals surface area contributed by atoms with Crippen LogP contribution in [0.3, 0.4) is 0 Å². The fourth-order valence-electron chi connectivity index (χ4n) is 5.14. The molecule has 35 heavy (non-hydrogen) atoms. The average molecular weight is 525 g/mol. The highest BCUT2D eigenvalue weighted by Gasteiger charge is 2.26. The summed E-state index contributed by atoms with van der Waals surface area (Å²) in [4.78, 5) is 18.1. The van der Waals surface area contributed by atoms with Gasteiger partial charge in [-0.05, 0) is 42.7 Å². The Labute approximate surface area is 212 Å². The van der Waals surface area contributed by atoms with Crippen molar-refractivity contribution in [2.24, 2.45) is 0 Å². The van der Waals surface area contributed by atoms with Gasteiger partial charge >= 0.3 is 5.69 Å². The maximum Gasteiger partial charge on any atom is 0.329 e. The molecule has 0 N–H and O–H groups in total. The molecule has 3 heterocycles. The number of morpholine rings is 1. The van der Waals surface area contributed by atoms with Crippen molar-refractivity contribution >= 4 is 34.2 Å². The monoisotopic (exact) mass is 524 g/mol. The second-order valence-electron chi connectivity index (χ2n) is 9.27. The van der Waals surface area contributed by atoms with E-state index in [9.17, 15) is 13.6 Å². The van der Waals surface area contributed by atoms with E-state index in [1.165, 1.54) is 6.07 Å². The lowest BCUT2D eigenvalue weighted by Crippen LogP contribution is -2.40. The van der Waals surface area contributed by atoms with E-state index in [0.29, 0.717) is 36.3 Å². The molecule has 2 aliphatic heterocycles. The average Bonchev–Trinajstić information content (AvgIpc) is 3.11. The van der Waals surface area contributed by atoms with Gasteiger partial charge in [-0.3, -0.25) is 18.9 Å². The summed E-state index contributed by atoms with van der Waals surface area (Å²) in [7, 11) is 0. The molecule has 6 nitrogen and oxygen atoms in total. The topological polar surface area (TPSA) is 42.6 Å². The van der Waals surface area contributed by atoms with Crippen molar-refractivity contribution in [2.45, 2.75) is 32.0 Å². The van der Waals surface area contributed by atoms with Crippen LogP contribution in [-0.4, -0.2) is 64.9 Å². The van der Waals surface area contributed by atoms with Gasteiger partial charge in [-0.25, -0.2) is 13.6 Å². The van der Waals surface area contributed by atoms with Gasteiger partial charge in [-0.2, -0.15) is 0 Å². The summed E-state index contributed by atoms with van der Waals surface area (Å²) >= 11 is 12.7. The number of fused-ring (bicyclic) bond motifs is 1. The Hall–Kier alpha value is -1.97. The van der Waals surface area contributed by atoms with E-state index in [-0.39, 0.29) is 11.7 Å². The van der Waals surface area contributed by atoms with Crippen molar-refractivity contribution < 1.29 is 13.5 Å². The quantitative estimate of drug-likeness (QED) is 0.474. The van der Waals surface area contributed by atoms with Gasteiger partial charge in [-0.15, -0.1) is 0 Å². The molecule has 0 aliphatic carbocycles. The van der Waals surface area contributed by atoms with Gasteiger partial charge < -0.3 is 4.74 Å². The highest BCUT2D eigenvalue weighted by atomic mass is 35.5. The maximum absolute atomic E-state index is 13.6. The maximum atomic E-state index is 13.6. The third-order valence-corrected chi connectivity index (χ3v) is 7.78. The first kappa shape index (κ1) is 24.7. The smallest absolute Gasteiger partial charge is 0.329 e. The van der Waals surface area contributed by atoms with Crippen molar-refractivity contribution in [1.29, 1.82) is 0 Å². The van der Waals surface area contributed by atoms with Crippen LogP contribution < -0.4 is 5.69 Å². The van der Waals surface area contributed by atoms with Crippen molar-refractivity contribution in [2.75, 3.05) is 45.9 Å². The van der Waals surface area contributed by atoms with E-state index < -0.39 is 11.6 Å². The zero-order chi connectivity index (χ0) is 24.5. The van der Waals surface area contributed by atoms with E-state index in [1.54, 1.807) is 22.8 Å². The largest absolute Gasteiger partial charge is 0.379 e. The number of halogens is 4. The predicted octanol–water partition coefficient (Wildman–Crippen LogP) is 4.56. The fraction of sp³-hybridized carbons (Fsp3) is 0.480. The number of nitrogens with zero attached hydrogens (tertiary/aromatic N) is 4. The van der Waals surface area contributed by atoms with Crippen LogP contribution in [0.1, 0.15) is 24.4 Å². The van der Waals surface area contributed by atoms with Crippen molar-refractivity contribution in [1.82, 2.24) is 18.9 Å². The van der Waals surface area contributed by atoms with E-state index >= 15 is 0 Å². The normalized spacial score (nSPS) is 18.5. The minimum atomic E-state index is -0.837. The summed E-state index contributed by atoms with van der Waals surface area (Å²) in [6, 6.07) is 7.63. The van der Waals surface area contributed by atoms with Crippen LogP contribution in [0.2, 0.25) is 10.0 Å². The van der Waals surface area contributed by atoms with Crippen LogP contribution in [0.5, 0.6) is 0 Å². The summed E-state index contributed by atoms with van der Waals surface area (Å²) in [5, 5.41) is 0.854. The Balaban J connectivity index is 1.35. The van der Waals surface area contributed by atoms with E-state index in [4.69, 9.17) is 27.9 Å². The van der Waals surface area contributed by atoms with Crippen molar-refractivity contribution in [3.63, 3.8) is 0 Å². The van der Waals surface area contributed by atoms with Crippen LogP contribution in [0.15, 0.2) is 35.1 Å². The number of rotatable bonds is 6. The molecular weight excluding hydrogens is 497 g/mol. The summed E-state index contributed by atoms with van der Waals surface area (Å²) in [6.45, 7) is 6.50. The molecule has 2 saturated heterocycles. The number of benzene rings is 2. The molecule has 0 spiro atoms. The molecule has 0 bridgehead atoms. The predicted molar refractivity (Wildman–Crippen MR) is 133 cm³/mol. The zero-order valence-electron chi connectivity index (χ0n) is 19.4. The number of likely N-dealkylation sites (tertiary alicyclic amines) is 1. The van der Waals surface area contributed by atoms with E-state index in [1.807, 2.05) is 4.57 Å². The number of aromatic nitrogens is 2. The van der Waals surface area contributed by atoms with E-state index in [0.717, 1.165) is 68.2 Å². The Bertz CT molecular complexity index is 1260. The first-order valence-electron chi connectivity index (χ1n) is 12.0. The van der Waals surface area contributed by atoms with Gasteiger partial charge in [0.2, 0.25) is 0 Å². The SMILES string of the molecule is O=c1n(CCN2CCOCC2)c2cc(Cl)c(Cl)cc2n1C1CCN(Cc2ccc(F)c(F)c2)CC1. The van der Waals surface area contributed by atoms with Gasteiger partial charge in [0.15, 0.2) is 11.6 Å². The van der Waals surface area contributed by atoms with Crippen LogP contribution in [-0.2, 0) is 17.8 Å². The molecule has 2 fully saturated rings. The number of imidazole rings is 1. The lowest BCUT2D eigenvalue weighted by atomic mass is 10.0. The number of piperidine rings is 1. The summed E-state index contributed by atoms with van der Waals surface area (Å²) in [5.74, 6) is -1.67. The third-order valence-electron chi connectivity index (χ3n) is 7.06. The molecule has 0 saturated carbocycles. The summed E-state index contributed by atoms with van der Waals surface area (Å²) in [5.41, 5.74) is 2.28. The standard InChI is InChI=1S/C25H28Cl2F2N4O2/c26-19-14-23-24(15-20(19)27)33(25(34)32(23)8-7-30-9-11-35-12-10-30)18-3-5-31(6-4-18)16-17-1-2-21(28)22(29)13-17/h1-2,13-15,18H,3-12,16H2. The minimum Gasteiger partial charge on any atom is -0.379 e. The molecule has 0 unspecified atom stereocenters. The first-order valence-corrected chi connectivity index (χ1v) is 12.7. The Morgan fingerprint density at radius 3 is 2.23 bits per heavy atom. The molecule has 0 amide bonds. The molecule has 5 rings (SSSR count). The molecular formula is C25H28Cl2F2N4O2. The van der Waals surface area contributed by atoms with Crippen LogP contribution in [0.4, 0.5) is 8.78 Å². The molecule has 2 aromatic carbocycles. The molecule has 10 heteroatoms. The highest BCUT2D eigenvalue weighted by molar-refractivity contribution is 6.42. The van der Waals surface area contributed by atoms with Crippen LogP contribution in [0, 0.1) is 11.6 Å². The van der Waals surface area contributed by atoms with Crippen molar-refractivity contribution in [3.05, 3.63) is 68.1 Å². The number of hydrogen-bond acceptors (Lipinski definition) is 4. The Morgan fingerprint density at radius 1 is 0.857 bits per heavy atom. The molecule has 0 atom stereocenters. The Morgan fingerprint density at radius 2 is 1.54 bits per heavy atom. The van der Waals surface area contributed by atoms with Crippen LogP contribution in [0.25, 0.3) is 11.0 Å². The van der Waals surface area contributed by atoms with Gasteiger partial charge in [0.25, 0.3) is 0 Å². The summed E-state index contributed by atoms with van der Waals surface area (Å²) < 4.78 is 35.9. The van der Waals surface area contributed by atoms with Crippen molar-refractivity contribution in [3.8, 4) is 0 Å².